The standard InChI is InChI=1S/C26H39N5O5/c1-6-14(3)21(31-25(34)22(15(4)7-2)30-23(32)16(5)27)24(33)29-20(26(35)36)12-17-13-28-19-11-9-8-10-18(17)19/h8-11,13-16,20-22,28H,6-7,12,27H2,1-5H3,(H,29,33)(H,30,32)(H,31,34)(H,35,36). The van der Waals surface area contributed by atoms with E-state index in [2.05, 4.69) is 20.9 Å². The van der Waals surface area contributed by atoms with E-state index in [9.17, 15) is 24.3 Å². The first-order valence-corrected chi connectivity index (χ1v) is 12.4. The van der Waals surface area contributed by atoms with Crippen molar-refractivity contribution in [1.29, 1.82) is 0 Å². The Kier molecular flexibility index (Phi) is 10.5. The molecule has 1 aromatic carbocycles. The van der Waals surface area contributed by atoms with E-state index in [4.69, 9.17) is 5.73 Å². The van der Waals surface area contributed by atoms with E-state index in [0.717, 1.165) is 16.5 Å². The number of nitrogens with two attached hydrogens (primary N) is 1. The monoisotopic (exact) mass is 501 g/mol. The van der Waals surface area contributed by atoms with E-state index >= 15 is 0 Å². The summed E-state index contributed by atoms with van der Waals surface area (Å²) in [6.45, 7) is 8.92. The maximum Gasteiger partial charge on any atom is 0.326 e. The Hall–Kier alpha value is -3.40. The molecule has 10 nitrogen and oxygen atoms in total. The number of para-hydroxylation sites is 1. The largest absolute Gasteiger partial charge is 0.480 e. The topological polar surface area (TPSA) is 166 Å². The molecule has 6 unspecified atom stereocenters. The highest BCUT2D eigenvalue weighted by molar-refractivity contribution is 5.94. The Labute approximate surface area is 211 Å². The van der Waals surface area contributed by atoms with Crippen molar-refractivity contribution in [1.82, 2.24) is 20.9 Å². The van der Waals surface area contributed by atoms with Crippen LogP contribution in [0.15, 0.2) is 30.5 Å². The van der Waals surface area contributed by atoms with Crippen molar-refractivity contribution in [3.05, 3.63) is 36.0 Å². The highest BCUT2D eigenvalue weighted by atomic mass is 16.4. The van der Waals surface area contributed by atoms with Crippen LogP contribution in [0.1, 0.15) is 53.0 Å². The fourth-order valence-corrected chi connectivity index (χ4v) is 3.91. The molecule has 0 saturated carbocycles. The number of fused-ring (bicyclic) bond motifs is 1. The normalized spacial score (nSPS) is 16.3. The second-order valence-corrected chi connectivity index (χ2v) is 9.50. The molecule has 0 aliphatic carbocycles. The van der Waals surface area contributed by atoms with Crippen molar-refractivity contribution in [3.8, 4) is 0 Å². The molecule has 0 aliphatic heterocycles. The van der Waals surface area contributed by atoms with Crippen LogP contribution < -0.4 is 21.7 Å². The smallest absolute Gasteiger partial charge is 0.326 e. The molecule has 0 spiro atoms. The van der Waals surface area contributed by atoms with Gasteiger partial charge >= 0.3 is 5.97 Å². The molecule has 10 heteroatoms. The van der Waals surface area contributed by atoms with Crippen LogP contribution in [0.4, 0.5) is 0 Å². The van der Waals surface area contributed by atoms with E-state index in [1.165, 1.54) is 6.92 Å². The van der Waals surface area contributed by atoms with Gasteiger partial charge in [0.05, 0.1) is 6.04 Å². The van der Waals surface area contributed by atoms with Crippen LogP contribution in [0.3, 0.4) is 0 Å². The Balaban J connectivity index is 2.22. The van der Waals surface area contributed by atoms with Gasteiger partial charge in [-0.25, -0.2) is 4.79 Å². The number of carboxylic acids is 1. The molecular formula is C26H39N5O5. The molecule has 6 atom stereocenters. The number of amides is 3. The third-order valence-electron chi connectivity index (χ3n) is 6.71. The number of aliphatic carboxylic acids is 1. The average molecular weight is 502 g/mol. The number of nitrogens with one attached hydrogen (secondary N) is 4. The van der Waals surface area contributed by atoms with Gasteiger partial charge in [0.15, 0.2) is 0 Å². The van der Waals surface area contributed by atoms with Gasteiger partial charge in [-0.1, -0.05) is 58.7 Å². The molecule has 0 fully saturated rings. The Morgan fingerprint density at radius 2 is 1.42 bits per heavy atom. The van der Waals surface area contributed by atoms with E-state index in [1.54, 1.807) is 13.1 Å². The van der Waals surface area contributed by atoms with Gasteiger partial charge in [-0.15, -0.1) is 0 Å². The average Bonchev–Trinajstić information content (AvgIpc) is 3.26. The van der Waals surface area contributed by atoms with Crippen molar-refractivity contribution in [2.24, 2.45) is 17.6 Å². The Morgan fingerprint density at radius 3 is 1.94 bits per heavy atom. The van der Waals surface area contributed by atoms with Crippen LogP contribution in [0.5, 0.6) is 0 Å². The van der Waals surface area contributed by atoms with Gasteiger partial charge in [0.25, 0.3) is 0 Å². The molecule has 0 bridgehead atoms. The zero-order valence-electron chi connectivity index (χ0n) is 21.6. The summed E-state index contributed by atoms with van der Waals surface area (Å²) in [6.07, 6.45) is 2.99. The van der Waals surface area contributed by atoms with Crippen LogP contribution in [0.2, 0.25) is 0 Å². The lowest BCUT2D eigenvalue weighted by Gasteiger charge is -2.29. The third-order valence-corrected chi connectivity index (χ3v) is 6.71. The van der Waals surface area contributed by atoms with Gasteiger partial charge in [0.2, 0.25) is 17.7 Å². The van der Waals surface area contributed by atoms with E-state index < -0.39 is 47.9 Å². The molecule has 2 rings (SSSR count). The van der Waals surface area contributed by atoms with E-state index in [1.807, 2.05) is 45.0 Å². The first-order chi connectivity index (χ1) is 17.0. The first kappa shape index (κ1) is 28.8. The Bertz CT molecular complexity index is 1070. The molecule has 1 aromatic heterocycles. The molecule has 36 heavy (non-hydrogen) atoms. The number of benzene rings is 1. The minimum Gasteiger partial charge on any atom is -0.480 e. The minimum atomic E-state index is -1.19. The fourth-order valence-electron chi connectivity index (χ4n) is 3.91. The predicted octanol–water partition coefficient (Wildman–Crippen LogP) is 1.69. The predicted molar refractivity (Wildman–Crippen MR) is 138 cm³/mol. The summed E-state index contributed by atoms with van der Waals surface area (Å²) in [7, 11) is 0. The van der Waals surface area contributed by atoms with Gasteiger partial charge in [-0.2, -0.15) is 0 Å². The summed E-state index contributed by atoms with van der Waals surface area (Å²) in [5.74, 6) is -3.23. The van der Waals surface area contributed by atoms with Crippen molar-refractivity contribution < 1.29 is 24.3 Å². The molecule has 0 aliphatic rings. The van der Waals surface area contributed by atoms with Crippen LogP contribution in [-0.4, -0.2) is 57.9 Å². The zero-order chi connectivity index (χ0) is 27.0. The summed E-state index contributed by atoms with van der Waals surface area (Å²) in [4.78, 5) is 53.8. The fraction of sp³-hybridized carbons (Fsp3) is 0.538. The lowest BCUT2D eigenvalue weighted by Crippen LogP contribution is -2.60. The molecule has 198 valence electrons. The van der Waals surface area contributed by atoms with Crippen LogP contribution in [0.25, 0.3) is 10.9 Å². The maximum absolute atomic E-state index is 13.3. The first-order valence-electron chi connectivity index (χ1n) is 12.4. The van der Waals surface area contributed by atoms with Gasteiger partial charge in [-0.05, 0) is 30.4 Å². The number of H-pyrrole nitrogens is 1. The number of aromatic amines is 1. The molecule has 2 aromatic rings. The molecule has 0 saturated heterocycles. The molecule has 0 radical (unpaired) electrons. The van der Waals surface area contributed by atoms with Crippen molar-refractivity contribution in [2.45, 2.75) is 78.0 Å². The van der Waals surface area contributed by atoms with E-state index in [-0.39, 0.29) is 18.3 Å². The SMILES string of the molecule is CCC(C)C(NC(=O)C(C)N)C(=O)NC(C(=O)NC(Cc1c[nH]c2ccccc12)C(=O)O)C(C)CC. The number of rotatable bonds is 13. The molecular weight excluding hydrogens is 462 g/mol. The van der Waals surface area contributed by atoms with Gasteiger partial charge in [0, 0.05) is 23.5 Å². The maximum atomic E-state index is 13.3. The lowest BCUT2D eigenvalue weighted by atomic mass is 9.94. The van der Waals surface area contributed by atoms with Crippen LogP contribution in [0, 0.1) is 11.8 Å². The number of aromatic nitrogens is 1. The third kappa shape index (κ3) is 7.30. The Morgan fingerprint density at radius 1 is 0.889 bits per heavy atom. The van der Waals surface area contributed by atoms with Crippen LogP contribution >= 0.6 is 0 Å². The molecule has 3 amide bonds. The van der Waals surface area contributed by atoms with Crippen molar-refractivity contribution in [2.75, 3.05) is 0 Å². The molecule has 1 heterocycles. The summed E-state index contributed by atoms with van der Waals surface area (Å²) >= 11 is 0. The number of hydrogen-bond acceptors (Lipinski definition) is 5. The van der Waals surface area contributed by atoms with Crippen molar-refractivity contribution in [3.63, 3.8) is 0 Å². The number of carbonyl (C=O) groups is 4. The number of carbonyl (C=O) groups excluding carboxylic acids is 3. The van der Waals surface area contributed by atoms with E-state index in [0.29, 0.717) is 12.8 Å². The zero-order valence-corrected chi connectivity index (χ0v) is 21.6. The van der Waals surface area contributed by atoms with Gasteiger partial charge in [-0.3, -0.25) is 14.4 Å². The summed E-state index contributed by atoms with van der Waals surface area (Å²) < 4.78 is 0. The van der Waals surface area contributed by atoms with Crippen molar-refractivity contribution >= 4 is 34.6 Å². The van der Waals surface area contributed by atoms with Gasteiger partial charge in [0.1, 0.15) is 18.1 Å². The summed E-state index contributed by atoms with van der Waals surface area (Å²) in [5, 5.41) is 18.7. The van der Waals surface area contributed by atoms with Gasteiger partial charge < -0.3 is 31.8 Å². The highest BCUT2D eigenvalue weighted by Crippen LogP contribution is 2.19. The minimum absolute atomic E-state index is 0.0756. The summed E-state index contributed by atoms with van der Waals surface area (Å²) in [5.41, 5.74) is 7.29. The number of hydrogen-bond donors (Lipinski definition) is 6. The highest BCUT2D eigenvalue weighted by Gasteiger charge is 2.34. The summed E-state index contributed by atoms with van der Waals surface area (Å²) in [6, 6.07) is 3.67. The second kappa shape index (κ2) is 13.1. The second-order valence-electron chi connectivity index (χ2n) is 9.50. The number of carboxylic acid groups (broad SMARTS) is 1. The quantitative estimate of drug-likeness (QED) is 0.244. The molecule has 7 N–H and O–H groups in total. The lowest BCUT2D eigenvalue weighted by molar-refractivity contribution is -0.142. The van der Waals surface area contributed by atoms with Crippen LogP contribution in [-0.2, 0) is 25.6 Å².